The molecule has 130 valence electrons. The fourth-order valence-electron chi connectivity index (χ4n) is 3.03. The van der Waals surface area contributed by atoms with Gasteiger partial charge in [-0.25, -0.2) is 4.39 Å². The molecule has 0 atom stereocenters. The van der Waals surface area contributed by atoms with E-state index in [1.807, 2.05) is 23.9 Å². The van der Waals surface area contributed by atoms with Gasteiger partial charge in [-0.3, -0.25) is 0 Å². The largest absolute Gasteiger partial charge is 0.342 e. The summed E-state index contributed by atoms with van der Waals surface area (Å²) in [5, 5.41) is 1.24. The van der Waals surface area contributed by atoms with Gasteiger partial charge in [0.1, 0.15) is 5.82 Å². The SMILES string of the molecule is Fc1cccc(Cn2cc(SCc3ccc(Br)cc3)c3ccccc32)c1. The molecule has 0 aliphatic rings. The van der Waals surface area contributed by atoms with Gasteiger partial charge in [-0.2, -0.15) is 0 Å². The Kier molecular flexibility index (Phi) is 5.14. The van der Waals surface area contributed by atoms with Crippen molar-refractivity contribution in [2.45, 2.75) is 17.2 Å². The number of rotatable bonds is 5. The molecule has 1 nitrogen and oxygen atoms in total. The molecule has 0 saturated heterocycles. The minimum Gasteiger partial charge on any atom is -0.342 e. The molecule has 4 rings (SSSR count). The van der Waals surface area contributed by atoms with Crippen molar-refractivity contribution in [3.05, 3.63) is 100 Å². The summed E-state index contributed by atoms with van der Waals surface area (Å²) in [6.07, 6.45) is 2.18. The van der Waals surface area contributed by atoms with E-state index in [9.17, 15) is 4.39 Å². The number of halogens is 2. The Labute approximate surface area is 165 Å². The van der Waals surface area contributed by atoms with Crippen molar-refractivity contribution in [2.24, 2.45) is 0 Å². The third-order valence-electron chi connectivity index (χ3n) is 4.30. The molecule has 0 fully saturated rings. The molecular weight excluding hydrogens is 409 g/mol. The molecule has 4 aromatic rings. The first-order valence-electron chi connectivity index (χ1n) is 8.38. The zero-order chi connectivity index (χ0) is 17.9. The highest BCUT2D eigenvalue weighted by molar-refractivity contribution is 9.10. The van der Waals surface area contributed by atoms with Gasteiger partial charge in [0.15, 0.2) is 0 Å². The van der Waals surface area contributed by atoms with E-state index in [2.05, 4.69) is 69.2 Å². The third-order valence-corrected chi connectivity index (χ3v) is 5.94. The minimum absolute atomic E-state index is 0.191. The van der Waals surface area contributed by atoms with Gasteiger partial charge in [0.05, 0.1) is 0 Å². The summed E-state index contributed by atoms with van der Waals surface area (Å²) in [5.74, 6) is 0.727. The smallest absolute Gasteiger partial charge is 0.123 e. The first-order valence-corrected chi connectivity index (χ1v) is 10.2. The molecule has 0 bridgehead atoms. The standard InChI is InChI=1S/C22H17BrFNS/c23-18-10-8-16(9-11-18)15-26-22-14-25(21-7-2-1-6-20(21)22)13-17-4-3-5-19(24)12-17/h1-12,14H,13,15H2. The zero-order valence-electron chi connectivity index (χ0n) is 14.0. The summed E-state index contributed by atoms with van der Waals surface area (Å²) in [5.41, 5.74) is 3.44. The molecule has 0 aliphatic carbocycles. The molecule has 0 unspecified atom stereocenters. The Hall–Kier alpha value is -2.04. The van der Waals surface area contributed by atoms with Crippen LogP contribution in [0.3, 0.4) is 0 Å². The quantitative estimate of drug-likeness (QED) is 0.315. The predicted octanol–water partition coefficient (Wildman–Crippen LogP) is 6.88. The molecule has 4 heteroatoms. The first-order chi connectivity index (χ1) is 12.7. The molecule has 0 N–H and O–H groups in total. The van der Waals surface area contributed by atoms with Gasteiger partial charge in [0, 0.05) is 38.8 Å². The van der Waals surface area contributed by atoms with E-state index < -0.39 is 0 Å². The number of hydrogen-bond donors (Lipinski definition) is 0. The van der Waals surface area contributed by atoms with E-state index in [0.29, 0.717) is 6.54 Å². The van der Waals surface area contributed by atoms with Crippen molar-refractivity contribution >= 4 is 38.6 Å². The normalized spacial score (nSPS) is 11.2. The van der Waals surface area contributed by atoms with Gasteiger partial charge < -0.3 is 4.57 Å². The Morgan fingerprint density at radius 1 is 0.885 bits per heavy atom. The second-order valence-electron chi connectivity index (χ2n) is 6.18. The van der Waals surface area contributed by atoms with Gasteiger partial charge in [-0.15, -0.1) is 11.8 Å². The average molecular weight is 426 g/mol. The van der Waals surface area contributed by atoms with Crippen LogP contribution in [0.5, 0.6) is 0 Å². The van der Waals surface area contributed by atoms with Crippen LogP contribution in [0.2, 0.25) is 0 Å². The van der Waals surface area contributed by atoms with Gasteiger partial charge >= 0.3 is 0 Å². The highest BCUT2D eigenvalue weighted by atomic mass is 79.9. The molecule has 0 saturated carbocycles. The van der Waals surface area contributed by atoms with E-state index in [-0.39, 0.29) is 5.82 Å². The van der Waals surface area contributed by atoms with E-state index >= 15 is 0 Å². The third kappa shape index (κ3) is 3.87. The molecule has 0 spiro atoms. The molecule has 0 aliphatic heterocycles. The Balaban J connectivity index is 1.62. The lowest BCUT2D eigenvalue weighted by molar-refractivity contribution is 0.624. The maximum absolute atomic E-state index is 13.5. The molecule has 0 radical (unpaired) electrons. The van der Waals surface area contributed by atoms with Crippen LogP contribution in [-0.2, 0) is 12.3 Å². The summed E-state index contributed by atoms with van der Waals surface area (Å²) >= 11 is 5.31. The van der Waals surface area contributed by atoms with Crippen LogP contribution < -0.4 is 0 Å². The molecule has 3 aromatic carbocycles. The number of nitrogens with zero attached hydrogens (tertiary/aromatic N) is 1. The second kappa shape index (κ2) is 7.68. The predicted molar refractivity (Wildman–Crippen MR) is 111 cm³/mol. The maximum atomic E-state index is 13.5. The Bertz CT molecular complexity index is 1040. The van der Waals surface area contributed by atoms with E-state index in [4.69, 9.17) is 0 Å². The fraction of sp³-hybridized carbons (Fsp3) is 0.0909. The Morgan fingerprint density at radius 2 is 1.69 bits per heavy atom. The minimum atomic E-state index is -0.191. The highest BCUT2D eigenvalue weighted by Crippen LogP contribution is 2.32. The summed E-state index contributed by atoms with van der Waals surface area (Å²) < 4.78 is 16.8. The van der Waals surface area contributed by atoms with Gasteiger partial charge in [-0.1, -0.05) is 58.4 Å². The van der Waals surface area contributed by atoms with E-state index in [1.54, 1.807) is 12.1 Å². The number of fused-ring (bicyclic) bond motifs is 1. The number of hydrogen-bond acceptors (Lipinski definition) is 1. The monoisotopic (exact) mass is 425 g/mol. The van der Waals surface area contributed by atoms with Crippen molar-refractivity contribution in [1.82, 2.24) is 4.57 Å². The topological polar surface area (TPSA) is 4.93 Å². The van der Waals surface area contributed by atoms with Crippen LogP contribution in [-0.4, -0.2) is 4.57 Å². The van der Waals surface area contributed by atoms with Crippen LogP contribution in [0.1, 0.15) is 11.1 Å². The van der Waals surface area contributed by atoms with Gasteiger partial charge in [0.2, 0.25) is 0 Å². The zero-order valence-corrected chi connectivity index (χ0v) is 16.4. The van der Waals surface area contributed by atoms with Crippen LogP contribution in [0.25, 0.3) is 10.9 Å². The van der Waals surface area contributed by atoms with Crippen LogP contribution >= 0.6 is 27.7 Å². The number of benzene rings is 3. The number of aromatic nitrogens is 1. The van der Waals surface area contributed by atoms with Crippen molar-refractivity contribution in [2.75, 3.05) is 0 Å². The first kappa shape index (κ1) is 17.4. The van der Waals surface area contributed by atoms with E-state index in [1.165, 1.54) is 27.4 Å². The molecule has 1 heterocycles. The number of thioether (sulfide) groups is 1. The summed E-state index contributed by atoms with van der Waals surface area (Å²) in [7, 11) is 0. The van der Waals surface area contributed by atoms with E-state index in [0.717, 1.165) is 15.8 Å². The lowest BCUT2D eigenvalue weighted by atomic mass is 10.2. The summed E-state index contributed by atoms with van der Waals surface area (Å²) in [6.45, 7) is 0.664. The fourth-order valence-corrected chi connectivity index (χ4v) is 4.34. The van der Waals surface area contributed by atoms with Crippen molar-refractivity contribution in [1.29, 1.82) is 0 Å². The van der Waals surface area contributed by atoms with Crippen LogP contribution in [0.4, 0.5) is 4.39 Å². The number of para-hydroxylation sites is 1. The molecular formula is C22H17BrFNS. The molecule has 26 heavy (non-hydrogen) atoms. The van der Waals surface area contributed by atoms with Gasteiger partial charge in [0.25, 0.3) is 0 Å². The average Bonchev–Trinajstić information content (AvgIpc) is 2.99. The van der Waals surface area contributed by atoms with Crippen molar-refractivity contribution in [3.63, 3.8) is 0 Å². The van der Waals surface area contributed by atoms with Crippen molar-refractivity contribution < 1.29 is 4.39 Å². The summed E-state index contributed by atoms with van der Waals surface area (Å²) in [6, 6.07) is 23.6. The second-order valence-corrected chi connectivity index (χ2v) is 8.12. The van der Waals surface area contributed by atoms with Crippen LogP contribution in [0, 0.1) is 5.82 Å². The lowest BCUT2D eigenvalue weighted by Crippen LogP contribution is -1.98. The molecule has 1 aromatic heterocycles. The highest BCUT2D eigenvalue weighted by Gasteiger charge is 2.09. The summed E-state index contributed by atoms with van der Waals surface area (Å²) in [4.78, 5) is 1.25. The Morgan fingerprint density at radius 3 is 2.50 bits per heavy atom. The molecule has 0 amide bonds. The lowest BCUT2D eigenvalue weighted by Gasteiger charge is -2.05. The van der Waals surface area contributed by atoms with Crippen LogP contribution in [0.15, 0.2) is 88.4 Å². The van der Waals surface area contributed by atoms with Gasteiger partial charge in [-0.05, 0) is 41.5 Å². The maximum Gasteiger partial charge on any atom is 0.123 e. The van der Waals surface area contributed by atoms with Crippen molar-refractivity contribution in [3.8, 4) is 0 Å².